The Morgan fingerprint density at radius 1 is 1.12 bits per heavy atom. The highest BCUT2D eigenvalue weighted by Gasteiger charge is 2.25. The van der Waals surface area contributed by atoms with E-state index in [-0.39, 0.29) is 5.91 Å². The number of pyridine rings is 1. The molecule has 3 aromatic rings. The van der Waals surface area contributed by atoms with Crippen molar-refractivity contribution in [2.75, 3.05) is 13.1 Å². The molecule has 2 aromatic heterocycles. The van der Waals surface area contributed by atoms with Gasteiger partial charge >= 0.3 is 0 Å². The second-order valence-electron chi connectivity index (χ2n) is 6.55. The minimum atomic E-state index is -0.0196. The maximum atomic E-state index is 12.6. The third-order valence-electron chi connectivity index (χ3n) is 4.81. The number of hydrogen-bond donors (Lipinski definition) is 0. The van der Waals surface area contributed by atoms with Gasteiger partial charge in [0.1, 0.15) is 5.69 Å². The number of fused-ring (bicyclic) bond motifs is 1. The zero-order valence-electron chi connectivity index (χ0n) is 14.0. The number of para-hydroxylation sites is 1. The average molecular weight is 332 g/mol. The van der Waals surface area contributed by atoms with Gasteiger partial charge in [0.25, 0.3) is 5.91 Å². The number of benzene rings is 1. The summed E-state index contributed by atoms with van der Waals surface area (Å²) in [6.07, 6.45) is 9.64. The van der Waals surface area contributed by atoms with Crippen molar-refractivity contribution in [3.05, 3.63) is 66.4 Å². The highest BCUT2D eigenvalue weighted by atomic mass is 16.2. The van der Waals surface area contributed by atoms with Gasteiger partial charge in [-0.2, -0.15) is 0 Å². The highest BCUT2D eigenvalue weighted by Crippen LogP contribution is 2.25. The summed E-state index contributed by atoms with van der Waals surface area (Å²) in [5.41, 5.74) is 2.76. The summed E-state index contributed by atoms with van der Waals surface area (Å²) in [6.45, 7) is 1.55. The maximum Gasteiger partial charge on any atom is 0.274 e. The van der Waals surface area contributed by atoms with Crippen molar-refractivity contribution in [3.63, 3.8) is 0 Å². The fourth-order valence-corrected chi connectivity index (χ4v) is 3.63. The first-order valence-electron chi connectivity index (χ1n) is 8.69. The van der Waals surface area contributed by atoms with Crippen LogP contribution in [0.5, 0.6) is 0 Å². The molecule has 0 aliphatic carbocycles. The Morgan fingerprint density at radius 3 is 2.92 bits per heavy atom. The average Bonchev–Trinajstić information content (AvgIpc) is 2.69. The second kappa shape index (κ2) is 6.97. The summed E-state index contributed by atoms with van der Waals surface area (Å²) in [6, 6.07) is 10.4. The molecule has 5 heteroatoms. The molecule has 126 valence electrons. The van der Waals surface area contributed by atoms with E-state index in [0.29, 0.717) is 11.6 Å². The fraction of sp³-hybridized carbons (Fsp3) is 0.300. The van der Waals surface area contributed by atoms with Crippen molar-refractivity contribution >= 4 is 16.8 Å². The minimum absolute atomic E-state index is 0.0196. The van der Waals surface area contributed by atoms with Gasteiger partial charge in [-0.1, -0.05) is 24.3 Å². The third-order valence-corrected chi connectivity index (χ3v) is 4.81. The Kier molecular flexibility index (Phi) is 4.37. The molecule has 4 rings (SSSR count). The van der Waals surface area contributed by atoms with Crippen molar-refractivity contribution in [2.24, 2.45) is 5.92 Å². The predicted octanol–water partition coefficient (Wildman–Crippen LogP) is 3.12. The smallest absolute Gasteiger partial charge is 0.274 e. The van der Waals surface area contributed by atoms with E-state index in [9.17, 15) is 4.79 Å². The minimum Gasteiger partial charge on any atom is -0.337 e. The molecule has 5 nitrogen and oxygen atoms in total. The standard InChI is InChI=1S/C20H20N4O/c25-20(18-13-21-9-10-22-18)24-11-3-4-15(14-24)12-17-6-1-5-16-7-2-8-23-19(16)17/h1-2,5-10,13,15H,3-4,11-12,14H2/t15-/m1/s1. The van der Waals surface area contributed by atoms with Crippen LogP contribution in [0.1, 0.15) is 28.9 Å². The van der Waals surface area contributed by atoms with Crippen LogP contribution in [0.2, 0.25) is 0 Å². The summed E-state index contributed by atoms with van der Waals surface area (Å²) in [4.78, 5) is 27.2. The molecule has 1 aliphatic rings. The van der Waals surface area contributed by atoms with E-state index in [1.165, 1.54) is 10.9 Å². The van der Waals surface area contributed by atoms with E-state index in [2.05, 4.69) is 39.2 Å². The number of carbonyl (C=O) groups is 1. The molecule has 0 N–H and O–H groups in total. The van der Waals surface area contributed by atoms with Gasteiger partial charge in [-0.15, -0.1) is 0 Å². The Balaban J connectivity index is 1.51. The van der Waals surface area contributed by atoms with Crippen molar-refractivity contribution < 1.29 is 4.79 Å². The molecule has 1 aliphatic heterocycles. The van der Waals surface area contributed by atoms with Crippen LogP contribution < -0.4 is 0 Å². The first-order chi connectivity index (χ1) is 12.3. The number of likely N-dealkylation sites (tertiary alicyclic amines) is 1. The van der Waals surface area contributed by atoms with Gasteiger partial charge in [0.15, 0.2) is 0 Å². The largest absolute Gasteiger partial charge is 0.337 e. The van der Waals surface area contributed by atoms with E-state index in [1.807, 2.05) is 17.2 Å². The van der Waals surface area contributed by atoms with Gasteiger partial charge < -0.3 is 4.90 Å². The van der Waals surface area contributed by atoms with Gasteiger partial charge in [-0.3, -0.25) is 14.8 Å². The second-order valence-corrected chi connectivity index (χ2v) is 6.55. The molecule has 0 bridgehead atoms. The van der Waals surface area contributed by atoms with Crippen LogP contribution in [0.3, 0.4) is 0 Å². The van der Waals surface area contributed by atoms with E-state index in [4.69, 9.17) is 0 Å². The first-order valence-corrected chi connectivity index (χ1v) is 8.69. The normalized spacial score (nSPS) is 17.6. The molecule has 0 spiro atoms. The lowest BCUT2D eigenvalue weighted by Gasteiger charge is -2.32. The molecular formula is C20H20N4O. The van der Waals surface area contributed by atoms with Gasteiger partial charge in [0, 0.05) is 37.1 Å². The monoisotopic (exact) mass is 332 g/mol. The van der Waals surface area contributed by atoms with Crippen LogP contribution in [0.25, 0.3) is 10.9 Å². The number of rotatable bonds is 3. The number of nitrogens with zero attached hydrogens (tertiary/aromatic N) is 4. The SMILES string of the molecule is O=C(c1cnccn1)N1CCC[C@H](Cc2cccc3cccnc23)C1. The van der Waals surface area contributed by atoms with E-state index in [0.717, 1.165) is 37.9 Å². The third kappa shape index (κ3) is 3.36. The summed E-state index contributed by atoms with van der Waals surface area (Å²) in [7, 11) is 0. The Bertz CT molecular complexity index is 876. The van der Waals surface area contributed by atoms with Gasteiger partial charge in [0.2, 0.25) is 0 Å². The Labute approximate surface area is 146 Å². The summed E-state index contributed by atoms with van der Waals surface area (Å²) >= 11 is 0. The molecule has 25 heavy (non-hydrogen) atoms. The van der Waals surface area contributed by atoms with Gasteiger partial charge in [-0.25, -0.2) is 4.98 Å². The van der Waals surface area contributed by atoms with Crippen molar-refractivity contribution in [3.8, 4) is 0 Å². The molecule has 0 saturated carbocycles. The van der Waals surface area contributed by atoms with E-state index >= 15 is 0 Å². The maximum absolute atomic E-state index is 12.6. The zero-order chi connectivity index (χ0) is 17.1. The molecule has 1 saturated heterocycles. The number of carbonyl (C=O) groups excluding carboxylic acids is 1. The van der Waals surface area contributed by atoms with Crippen LogP contribution in [-0.2, 0) is 6.42 Å². The molecule has 1 aromatic carbocycles. The summed E-state index contributed by atoms with van der Waals surface area (Å²) in [5, 5.41) is 1.17. The van der Waals surface area contributed by atoms with Crippen LogP contribution in [-0.4, -0.2) is 38.8 Å². The van der Waals surface area contributed by atoms with Crippen LogP contribution in [0.15, 0.2) is 55.1 Å². The van der Waals surface area contributed by atoms with Gasteiger partial charge in [0.05, 0.1) is 11.7 Å². The number of piperidine rings is 1. The molecule has 0 radical (unpaired) electrons. The summed E-state index contributed by atoms with van der Waals surface area (Å²) in [5.74, 6) is 0.427. The number of hydrogen-bond acceptors (Lipinski definition) is 4. The van der Waals surface area contributed by atoms with Crippen molar-refractivity contribution in [1.82, 2.24) is 19.9 Å². The predicted molar refractivity (Wildman–Crippen MR) is 96.1 cm³/mol. The van der Waals surface area contributed by atoms with Crippen molar-refractivity contribution in [1.29, 1.82) is 0 Å². The first kappa shape index (κ1) is 15.7. The lowest BCUT2D eigenvalue weighted by molar-refractivity contribution is 0.0667. The lowest BCUT2D eigenvalue weighted by Crippen LogP contribution is -2.40. The topological polar surface area (TPSA) is 59.0 Å². The van der Waals surface area contributed by atoms with E-state index in [1.54, 1.807) is 18.6 Å². The molecule has 3 heterocycles. The molecular weight excluding hydrogens is 312 g/mol. The van der Waals surface area contributed by atoms with Crippen LogP contribution in [0.4, 0.5) is 0 Å². The number of amides is 1. The quantitative estimate of drug-likeness (QED) is 0.739. The highest BCUT2D eigenvalue weighted by molar-refractivity contribution is 5.92. The molecule has 1 atom stereocenters. The van der Waals surface area contributed by atoms with Crippen LogP contribution in [0, 0.1) is 5.92 Å². The fourth-order valence-electron chi connectivity index (χ4n) is 3.63. The Morgan fingerprint density at radius 2 is 2.04 bits per heavy atom. The number of aromatic nitrogens is 3. The lowest BCUT2D eigenvalue weighted by atomic mass is 9.90. The van der Waals surface area contributed by atoms with Crippen LogP contribution >= 0.6 is 0 Å². The molecule has 1 fully saturated rings. The Hall–Kier alpha value is -2.82. The zero-order valence-corrected chi connectivity index (χ0v) is 14.0. The van der Waals surface area contributed by atoms with Gasteiger partial charge in [-0.05, 0) is 36.8 Å². The van der Waals surface area contributed by atoms with E-state index < -0.39 is 0 Å². The molecule has 1 amide bonds. The summed E-state index contributed by atoms with van der Waals surface area (Å²) < 4.78 is 0. The van der Waals surface area contributed by atoms with Crippen molar-refractivity contribution in [2.45, 2.75) is 19.3 Å². The molecule has 0 unspecified atom stereocenters.